The van der Waals surface area contributed by atoms with Crippen molar-refractivity contribution in [1.29, 1.82) is 0 Å². The van der Waals surface area contributed by atoms with Crippen LogP contribution in [0.5, 0.6) is 0 Å². The zero-order chi connectivity index (χ0) is 5.70. The lowest BCUT2D eigenvalue weighted by atomic mass is 10.1. The second-order valence-electron chi connectivity index (χ2n) is 2.32. The first-order valence-corrected chi connectivity index (χ1v) is 2.97. The van der Waals surface area contributed by atoms with E-state index in [9.17, 15) is 0 Å². The molecule has 0 saturated carbocycles. The average molecular weight is 103 g/mol. The van der Waals surface area contributed by atoms with Gasteiger partial charge in [0, 0.05) is 1.43 Å². The first-order chi connectivity index (χ1) is 3.27. The summed E-state index contributed by atoms with van der Waals surface area (Å²) in [5, 5.41) is 0. The summed E-state index contributed by atoms with van der Waals surface area (Å²) in [7, 11) is 0. The van der Waals surface area contributed by atoms with Gasteiger partial charge in [0.2, 0.25) is 0 Å². The van der Waals surface area contributed by atoms with Crippen LogP contribution in [0.1, 0.15) is 28.1 Å². The lowest BCUT2D eigenvalue weighted by molar-refractivity contribution is 0.561. The first-order valence-electron chi connectivity index (χ1n) is 2.97. The van der Waals surface area contributed by atoms with E-state index in [-0.39, 0.29) is 1.43 Å². The highest BCUT2D eigenvalue weighted by Gasteiger charge is 1.88. The van der Waals surface area contributed by atoms with E-state index in [1.54, 1.807) is 0 Å². The molecule has 0 fully saturated rings. The van der Waals surface area contributed by atoms with Crippen molar-refractivity contribution >= 4 is 0 Å². The monoisotopic (exact) mass is 103 g/mol. The summed E-state index contributed by atoms with van der Waals surface area (Å²) >= 11 is 0. The van der Waals surface area contributed by atoms with Gasteiger partial charge in [-0.15, -0.1) is 0 Å². The van der Waals surface area contributed by atoms with Gasteiger partial charge in [-0.3, -0.25) is 0 Å². The highest BCUT2D eigenvalue weighted by molar-refractivity contribution is 4.44. The lowest BCUT2D eigenvalue weighted by Crippen LogP contribution is -1.99. The number of hydrogen-bond donors (Lipinski definition) is 1. The molecule has 2 N–H and O–H groups in total. The van der Waals surface area contributed by atoms with Gasteiger partial charge in [-0.1, -0.05) is 13.8 Å². The Morgan fingerprint density at radius 1 is 1.57 bits per heavy atom. The zero-order valence-electron chi connectivity index (χ0n) is 5.28. The van der Waals surface area contributed by atoms with Gasteiger partial charge in [0.25, 0.3) is 0 Å². The fraction of sp³-hybridized carbons (Fsp3) is 1.00. The van der Waals surface area contributed by atoms with E-state index >= 15 is 0 Å². The summed E-state index contributed by atoms with van der Waals surface area (Å²) in [5.41, 5.74) is 5.28. The Labute approximate surface area is 47.4 Å². The second-order valence-corrected chi connectivity index (χ2v) is 2.32. The smallest absolute Gasteiger partial charge is 0 e. The molecule has 0 aromatic heterocycles. The van der Waals surface area contributed by atoms with Crippen molar-refractivity contribution in [3.8, 4) is 0 Å². The molecule has 0 rings (SSSR count). The maximum atomic E-state index is 5.28. The van der Waals surface area contributed by atoms with Crippen LogP contribution in [-0.2, 0) is 0 Å². The topological polar surface area (TPSA) is 26.0 Å². The standard InChI is InChI=1S/C6H15N.H2/c1-6(2)4-3-5-7;/h6H,3-5,7H2,1-2H3;1H. The van der Waals surface area contributed by atoms with Crippen LogP contribution < -0.4 is 5.73 Å². The van der Waals surface area contributed by atoms with Gasteiger partial charge in [-0.2, -0.15) is 0 Å². The molecule has 1 heteroatoms. The van der Waals surface area contributed by atoms with Crippen LogP contribution in [0.15, 0.2) is 0 Å². The van der Waals surface area contributed by atoms with Crippen molar-refractivity contribution < 1.29 is 1.43 Å². The summed E-state index contributed by atoms with van der Waals surface area (Å²) in [6.45, 7) is 5.28. The van der Waals surface area contributed by atoms with E-state index in [0.29, 0.717) is 0 Å². The Balaban J connectivity index is 0. The Morgan fingerprint density at radius 3 is 2.29 bits per heavy atom. The normalized spacial score (nSPS) is 10.3. The summed E-state index contributed by atoms with van der Waals surface area (Å²) in [6.07, 6.45) is 2.45. The molecule has 0 aromatic carbocycles. The van der Waals surface area contributed by atoms with E-state index in [0.717, 1.165) is 12.5 Å². The molecule has 0 atom stereocenters. The average Bonchev–Trinajstić information content (AvgIpc) is 1.61. The van der Waals surface area contributed by atoms with E-state index in [2.05, 4.69) is 13.8 Å². The van der Waals surface area contributed by atoms with Gasteiger partial charge < -0.3 is 5.73 Å². The van der Waals surface area contributed by atoms with Crippen molar-refractivity contribution in [1.82, 2.24) is 0 Å². The van der Waals surface area contributed by atoms with Crippen LogP contribution in [0.25, 0.3) is 0 Å². The Bertz CT molecular complexity index is 37.5. The van der Waals surface area contributed by atoms with Crippen LogP contribution in [0.2, 0.25) is 0 Å². The minimum absolute atomic E-state index is 0. The third-order valence-electron chi connectivity index (χ3n) is 0.986. The summed E-state index contributed by atoms with van der Waals surface area (Å²) in [5.74, 6) is 0.823. The van der Waals surface area contributed by atoms with Crippen LogP contribution >= 0.6 is 0 Å². The molecular formula is C6H17N. The van der Waals surface area contributed by atoms with E-state index in [4.69, 9.17) is 5.73 Å². The van der Waals surface area contributed by atoms with Crippen LogP contribution in [0.3, 0.4) is 0 Å². The van der Waals surface area contributed by atoms with Gasteiger partial charge >= 0.3 is 0 Å². The van der Waals surface area contributed by atoms with Crippen LogP contribution in [0.4, 0.5) is 0 Å². The fourth-order valence-electron chi connectivity index (χ4n) is 0.526. The molecular weight excluding hydrogens is 86.1 g/mol. The zero-order valence-corrected chi connectivity index (χ0v) is 5.28. The van der Waals surface area contributed by atoms with Gasteiger partial charge in [0.1, 0.15) is 0 Å². The second kappa shape index (κ2) is 4.13. The SMILES string of the molecule is CC(C)CCCN.[HH]. The molecule has 0 bridgehead atoms. The summed E-state index contributed by atoms with van der Waals surface area (Å²) in [6, 6.07) is 0. The van der Waals surface area contributed by atoms with Crippen molar-refractivity contribution in [2.24, 2.45) is 11.7 Å². The summed E-state index contributed by atoms with van der Waals surface area (Å²) in [4.78, 5) is 0. The maximum absolute atomic E-state index is 5.28. The van der Waals surface area contributed by atoms with Crippen molar-refractivity contribution in [2.75, 3.05) is 6.54 Å². The largest absolute Gasteiger partial charge is 0.330 e. The molecule has 0 aliphatic rings. The van der Waals surface area contributed by atoms with Crippen LogP contribution in [-0.4, -0.2) is 6.54 Å². The Kier molecular flexibility index (Phi) is 4.10. The predicted octanol–water partition coefficient (Wildman–Crippen LogP) is 1.63. The first kappa shape index (κ1) is 6.96. The highest BCUT2D eigenvalue weighted by atomic mass is 14.5. The lowest BCUT2D eigenvalue weighted by Gasteiger charge is -1.98. The molecule has 7 heavy (non-hydrogen) atoms. The predicted molar refractivity (Wildman–Crippen MR) is 35.2 cm³/mol. The maximum Gasteiger partial charge on any atom is 0 e. The molecule has 0 amide bonds. The minimum atomic E-state index is 0. The number of hydrogen-bond acceptors (Lipinski definition) is 1. The summed E-state index contributed by atoms with van der Waals surface area (Å²) < 4.78 is 0. The van der Waals surface area contributed by atoms with E-state index < -0.39 is 0 Å². The molecule has 0 radical (unpaired) electrons. The van der Waals surface area contributed by atoms with Crippen LogP contribution in [0, 0.1) is 5.92 Å². The molecule has 0 spiro atoms. The molecule has 1 nitrogen and oxygen atoms in total. The van der Waals surface area contributed by atoms with E-state index in [1.807, 2.05) is 0 Å². The molecule has 0 unspecified atom stereocenters. The van der Waals surface area contributed by atoms with E-state index in [1.165, 1.54) is 12.8 Å². The Hall–Kier alpha value is -0.0400. The van der Waals surface area contributed by atoms with Gasteiger partial charge in [-0.05, 0) is 25.3 Å². The molecule has 0 saturated heterocycles. The molecule has 0 heterocycles. The molecule has 46 valence electrons. The van der Waals surface area contributed by atoms with Crippen molar-refractivity contribution in [2.45, 2.75) is 26.7 Å². The van der Waals surface area contributed by atoms with Crippen molar-refractivity contribution in [3.05, 3.63) is 0 Å². The van der Waals surface area contributed by atoms with Gasteiger partial charge in [0.05, 0.1) is 0 Å². The highest BCUT2D eigenvalue weighted by Crippen LogP contribution is 2.00. The third-order valence-corrected chi connectivity index (χ3v) is 0.986. The quantitative estimate of drug-likeness (QED) is 0.577. The van der Waals surface area contributed by atoms with Gasteiger partial charge in [0.15, 0.2) is 0 Å². The minimum Gasteiger partial charge on any atom is -0.330 e. The third kappa shape index (κ3) is 5.96. The molecule has 0 aromatic rings. The fourth-order valence-corrected chi connectivity index (χ4v) is 0.526. The number of nitrogens with two attached hydrogens (primary N) is 1. The number of rotatable bonds is 3. The van der Waals surface area contributed by atoms with Crippen molar-refractivity contribution in [3.63, 3.8) is 0 Å². The van der Waals surface area contributed by atoms with Gasteiger partial charge in [-0.25, -0.2) is 0 Å². The molecule has 0 aliphatic heterocycles. The Morgan fingerprint density at radius 2 is 2.14 bits per heavy atom. The molecule has 0 aliphatic carbocycles.